The van der Waals surface area contributed by atoms with Crippen molar-refractivity contribution in [2.24, 2.45) is 0 Å². The van der Waals surface area contributed by atoms with Gasteiger partial charge in [-0.2, -0.15) is 0 Å². The van der Waals surface area contributed by atoms with Crippen LogP contribution in [-0.4, -0.2) is 38.3 Å². The third-order valence-corrected chi connectivity index (χ3v) is 6.54. The number of pyridine rings is 1. The number of hydrogen-bond donors (Lipinski definition) is 2. The second-order valence-corrected chi connectivity index (χ2v) is 9.45. The first kappa shape index (κ1) is 19.5. The molecule has 0 aliphatic carbocycles. The molecule has 0 saturated carbocycles. The minimum absolute atomic E-state index is 0.0243. The SMILES string of the molecule is CC[C@H](CO)Nc1ncnc2c1sc1nc(C(C)C)c3c(c12)CC(C)(C)OC3. The van der Waals surface area contributed by atoms with Crippen LogP contribution in [0.4, 0.5) is 5.82 Å². The summed E-state index contributed by atoms with van der Waals surface area (Å²) in [7, 11) is 0. The second kappa shape index (κ2) is 7.21. The third kappa shape index (κ3) is 3.25. The van der Waals surface area contributed by atoms with Gasteiger partial charge in [-0.15, -0.1) is 11.3 Å². The van der Waals surface area contributed by atoms with Crippen molar-refractivity contribution in [3.63, 3.8) is 0 Å². The molecular formula is C21H28N4O2S. The van der Waals surface area contributed by atoms with E-state index in [0.29, 0.717) is 12.5 Å². The van der Waals surface area contributed by atoms with Gasteiger partial charge >= 0.3 is 0 Å². The number of fused-ring (bicyclic) bond motifs is 5. The lowest BCUT2D eigenvalue weighted by Gasteiger charge is -2.33. The van der Waals surface area contributed by atoms with E-state index in [1.165, 1.54) is 11.1 Å². The Morgan fingerprint density at radius 3 is 2.75 bits per heavy atom. The van der Waals surface area contributed by atoms with Crippen LogP contribution in [0.1, 0.15) is 63.8 Å². The average Bonchev–Trinajstić information content (AvgIpc) is 3.04. The van der Waals surface area contributed by atoms with Gasteiger partial charge in [-0.25, -0.2) is 15.0 Å². The van der Waals surface area contributed by atoms with Crippen LogP contribution >= 0.6 is 11.3 Å². The molecule has 2 N–H and O–H groups in total. The summed E-state index contributed by atoms with van der Waals surface area (Å²) < 4.78 is 7.12. The first-order valence-corrected chi connectivity index (χ1v) is 10.8. The molecule has 0 radical (unpaired) electrons. The van der Waals surface area contributed by atoms with Crippen molar-refractivity contribution in [2.45, 2.75) is 71.6 Å². The highest BCUT2D eigenvalue weighted by Crippen LogP contribution is 2.43. The number of aromatic nitrogens is 3. The number of ether oxygens (including phenoxy) is 1. The van der Waals surface area contributed by atoms with Crippen LogP contribution in [0.2, 0.25) is 0 Å². The van der Waals surface area contributed by atoms with Gasteiger partial charge in [0.05, 0.1) is 40.8 Å². The van der Waals surface area contributed by atoms with E-state index in [2.05, 4.69) is 43.0 Å². The fourth-order valence-corrected chi connectivity index (χ4v) is 5.00. The third-order valence-electron chi connectivity index (χ3n) is 5.46. The molecule has 6 nitrogen and oxygen atoms in total. The quantitative estimate of drug-likeness (QED) is 0.661. The van der Waals surface area contributed by atoms with Crippen molar-refractivity contribution in [1.82, 2.24) is 15.0 Å². The van der Waals surface area contributed by atoms with Crippen LogP contribution in [0, 0.1) is 0 Å². The Kier molecular flexibility index (Phi) is 5.02. The maximum absolute atomic E-state index is 9.58. The molecule has 0 spiro atoms. The van der Waals surface area contributed by atoms with Crippen molar-refractivity contribution >= 4 is 37.6 Å². The highest BCUT2D eigenvalue weighted by atomic mass is 32.1. The normalized spacial score (nSPS) is 17.2. The molecule has 1 atom stereocenters. The smallest absolute Gasteiger partial charge is 0.147 e. The molecule has 0 aromatic carbocycles. The topological polar surface area (TPSA) is 80.2 Å². The number of rotatable bonds is 5. The standard InChI is InChI=1S/C21H28N4O2S/c1-6-12(8-26)24-19-18-17(22-10-23-19)15-13-7-21(4,5)27-9-14(13)16(11(2)3)25-20(15)28-18/h10-12,26H,6-9H2,1-5H3,(H,22,23,24)/t12-/m1/s1. The van der Waals surface area contributed by atoms with Gasteiger partial charge in [0.15, 0.2) is 0 Å². The summed E-state index contributed by atoms with van der Waals surface area (Å²) in [5.41, 5.74) is 4.39. The van der Waals surface area contributed by atoms with Gasteiger partial charge in [0.1, 0.15) is 17.0 Å². The summed E-state index contributed by atoms with van der Waals surface area (Å²) in [6, 6.07) is -0.0243. The zero-order chi connectivity index (χ0) is 20.1. The van der Waals surface area contributed by atoms with Gasteiger partial charge in [0, 0.05) is 17.4 Å². The van der Waals surface area contributed by atoms with Gasteiger partial charge in [0.2, 0.25) is 0 Å². The van der Waals surface area contributed by atoms with Crippen LogP contribution in [0.25, 0.3) is 20.4 Å². The summed E-state index contributed by atoms with van der Waals surface area (Å²) in [5, 5.41) is 14.1. The monoisotopic (exact) mass is 400 g/mol. The lowest BCUT2D eigenvalue weighted by molar-refractivity contribution is -0.0402. The predicted octanol–water partition coefficient (Wildman–Crippen LogP) is 4.40. The number of aliphatic hydroxyl groups is 1. The van der Waals surface area contributed by atoms with Gasteiger partial charge < -0.3 is 15.2 Å². The zero-order valence-corrected chi connectivity index (χ0v) is 18.0. The molecule has 3 aromatic heterocycles. The molecule has 7 heteroatoms. The fourth-order valence-electron chi connectivity index (χ4n) is 3.88. The number of aliphatic hydroxyl groups excluding tert-OH is 1. The van der Waals surface area contributed by atoms with E-state index in [1.807, 2.05) is 6.92 Å². The molecule has 0 amide bonds. The first-order valence-electron chi connectivity index (χ1n) is 9.94. The van der Waals surface area contributed by atoms with E-state index in [4.69, 9.17) is 9.72 Å². The highest BCUT2D eigenvalue weighted by Gasteiger charge is 2.32. The number of nitrogens with zero attached hydrogens (tertiary/aromatic N) is 3. The highest BCUT2D eigenvalue weighted by molar-refractivity contribution is 7.26. The predicted molar refractivity (Wildman–Crippen MR) is 114 cm³/mol. The van der Waals surface area contributed by atoms with Crippen LogP contribution in [-0.2, 0) is 17.8 Å². The van der Waals surface area contributed by atoms with E-state index in [-0.39, 0.29) is 18.2 Å². The zero-order valence-electron chi connectivity index (χ0n) is 17.2. The Hall–Kier alpha value is -1.83. The molecule has 4 heterocycles. The van der Waals surface area contributed by atoms with Crippen LogP contribution in [0.5, 0.6) is 0 Å². The number of thiophene rings is 1. The number of hydrogen-bond acceptors (Lipinski definition) is 7. The maximum atomic E-state index is 9.58. The van der Waals surface area contributed by atoms with E-state index < -0.39 is 0 Å². The Balaban J connectivity index is 1.99. The first-order chi connectivity index (χ1) is 13.3. The molecule has 1 aliphatic rings. The van der Waals surface area contributed by atoms with E-state index in [9.17, 15) is 5.11 Å². The Bertz CT molecular complexity index is 1020. The molecule has 0 bridgehead atoms. The van der Waals surface area contributed by atoms with Gasteiger partial charge in [-0.05, 0) is 31.7 Å². The van der Waals surface area contributed by atoms with Crippen molar-refractivity contribution in [1.29, 1.82) is 0 Å². The van der Waals surface area contributed by atoms with Crippen molar-refractivity contribution in [3.8, 4) is 0 Å². The fraction of sp³-hybridized carbons (Fsp3) is 0.571. The van der Waals surface area contributed by atoms with Crippen molar-refractivity contribution in [2.75, 3.05) is 11.9 Å². The lowest BCUT2D eigenvalue weighted by Crippen LogP contribution is -2.32. The number of anilines is 1. The van der Waals surface area contributed by atoms with Gasteiger partial charge in [0.25, 0.3) is 0 Å². The minimum Gasteiger partial charge on any atom is -0.394 e. The molecule has 0 saturated heterocycles. The largest absolute Gasteiger partial charge is 0.394 e. The molecule has 0 fully saturated rings. The molecular weight excluding hydrogens is 372 g/mol. The maximum Gasteiger partial charge on any atom is 0.147 e. The Morgan fingerprint density at radius 2 is 2.07 bits per heavy atom. The molecule has 1 aliphatic heterocycles. The van der Waals surface area contributed by atoms with Crippen LogP contribution in [0.15, 0.2) is 6.33 Å². The second-order valence-electron chi connectivity index (χ2n) is 8.45. The van der Waals surface area contributed by atoms with E-state index >= 15 is 0 Å². The summed E-state index contributed by atoms with van der Waals surface area (Å²) in [6.45, 7) is 11.4. The molecule has 150 valence electrons. The summed E-state index contributed by atoms with van der Waals surface area (Å²) >= 11 is 1.63. The van der Waals surface area contributed by atoms with Gasteiger partial charge in [-0.1, -0.05) is 20.8 Å². The van der Waals surface area contributed by atoms with Crippen molar-refractivity contribution < 1.29 is 9.84 Å². The number of nitrogens with one attached hydrogen (secondary N) is 1. The lowest BCUT2D eigenvalue weighted by atomic mass is 9.87. The van der Waals surface area contributed by atoms with E-state index in [1.54, 1.807) is 17.7 Å². The Morgan fingerprint density at radius 1 is 1.29 bits per heavy atom. The molecule has 0 unspecified atom stereocenters. The van der Waals surface area contributed by atoms with Crippen molar-refractivity contribution in [3.05, 3.63) is 23.1 Å². The summed E-state index contributed by atoms with van der Waals surface area (Å²) in [5.74, 6) is 1.11. The van der Waals surface area contributed by atoms with E-state index in [0.717, 1.165) is 44.8 Å². The molecule has 4 rings (SSSR count). The van der Waals surface area contributed by atoms with Crippen LogP contribution < -0.4 is 5.32 Å². The minimum atomic E-state index is -0.206. The summed E-state index contributed by atoms with van der Waals surface area (Å²) in [6.07, 6.45) is 3.27. The molecule has 3 aromatic rings. The summed E-state index contributed by atoms with van der Waals surface area (Å²) in [4.78, 5) is 15.1. The van der Waals surface area contributed by atoms with Crippen LogP contribution in [0.3, 0.4) is 0 Å². The van der Waals surface area contributed by atoms with Gasteiger partial charge in [-0.3, -0.25) is 0 Å². The Labute approximate surface area is 169 Å². The molecule has 28 heavy (non-hydrogen) atoms. The average molecular weight is 401 g/mol.